The summed E-state index contributed by atoms with van der Waals surface area (Å²) in [5, 5.41) is 4.60. The Morgan fingerprint density at radius 3 is 2.88 bits per heavy atom. The van der Waals surface area contributed by atoms with Crippen LogP contribution in [0.15, 0.2) is 34.5 Å². The number of nitrogens with one attached hydrogen (secondary N) is 2. The number of carbonyl (C=O) groups excluding carboxylic acids is 1. The van der Waals surface area contributed by atoms with Gasteiger partial charge >= 0.3 is 0 Å². The zero-order valence-electron chi connectivity index (χ0n) is 13.3. The number of ether oxygens (including phenoxy) is 1. The first-order chi connectivity index (χ1) is 11.4. The zero-order valence-corrected chi connectivity index (χ0v) is 15.0. The molecular weight excluding hydrogens is 348 g/mol. The van der Waals surface area contributed by atoms with Crippen LogP contribution < -0.4 is 14.8 Å². The van der Waals surface area contributed by atoms with Gasteiger partial charge in [0.2, 0.25) is 10.0 Å². The molecule has 1 atom stereocenters. The van der Waals surface area contributed by atoms with E-state index in [1.54, 1.807) is 13.0 Å². The molecule has 8 heteroatoms. The number of aryl methyl sites for hydroxylation is 1. The van der Waals surface area contributed by atoms with Crippen molar-refractivity contribution in [3.8, 4) is 5.75 Å². The molecule has 0 saturated carbocycles. The predicted octanol–water partition coefficient (Wildman–Crippen LogP) is 2.82. The molecule has 2 aromatic rings. The van der Waals surface area contributed by atoms with Crippen LogP contribution in [-0.4, -0.2) is 20.9 Å². The first-order valence-electron chi connectivity index (χ1n) is 7.53. The molecule has 0 aliphatic carbocycles. The molecule has 24 heavy (non-hydrogen) atoms. The topological polar surface area (TPSA) is 84.5 Å². The summed E-state index contributed by atoms with van der Waals surface area (Å²) in [5.74, 6) is 0.115. The summed E-state index contributed by atoms with van der Waals surface area (Å²) >= 11 is 1.52. The number of anilines is 1. The lowest BCUT2D eigenvalue weighted by Crippen LogP contribution is -2.29. The van der Waals surface area contributed by atoms with Crippen molar-refractivity contribution in [1.29, 1.82) is 0 Å². The highest BCUT2D eigenvalue weighted by Gasteiger charge is 2.26. The summed E-state index contributed by atoms with van der Waals surface area (Å²) in [4.78, 5) is 12.5. The van der Waals surface area contributed by atoms with Gasteiger partial charge < -0.3 is 10.1 Å². The number of hydrogen-bond donors (Lipinski definition) is 2. The molecule has 1 aliphatic rings. The number of hydrogen-bond acceptors (Lipinski definition) is 5. The Labute approximate surface area is 144 Å². The van der Waals surface area contributed by atoms with E-state index in [-0.39, 0.29) is 23.5 Å². The highest BCUT2D eigenvalue weighted by molar-refractivity contribution is 7.89. The molecular formula is C16H18N2O4S2. The van der Waals surface area contributed by atoms with Gasteiger partial charge in [-0.15, -0.1) is 11.3 Å². The van der Waals surface area contributed by atoms with Crippen LogP contribution in [0, 0.1) is 6.92 Å². The van der Waals surface area contributed by atoms with Gasteiger partial charge in [0.05, 0.1) is 16.6 Å². The van der Waals surface area contributed by atoms with E-state index in [4.69, 9.17) is 4.74 Å². The minimum atomic E-state index is -3.71. The highest BCUT2D eigenvalue weighted by atomic mass is 32.2. The van der Waals surface area contributed by atoms with Gasteiger partial charge in [0, 0.05) is 10.9 Å². The molecule has 0 bridgehead atoms. The van der Waals surface area contributed by atoms with Gasteiger partial charge in [-0.1, -0.05) is 13.0 Å². The number of sulfonamides is 1. The SMILES string of the molecule is CC[C@H](NS(=O)(=O)c1cc2c(cc1C)NC(=O)CO2)c1cccs1. The minimum Gasteiger partial charge on any atom is -0.482 e. The third kappa shape index (κ3) is 3.31. The lowest BCUT2D eigenvalue weighted by atomic mass is 10.2. The van der Waals surface area contributed by atoms with E-state index in [9.17, 15) is 13.2 Å². The first kappa shape index (κ1) is 16.9. The van der Waals surface area contributed by atoms with Crippen LogP contribution in [0.3, 0.4) is 0 Å². The molecule has 6 nitrogen and oxygen atoms in total. The second-order valence-corrected chi connectivity index (χ2v) is 8.21. The maximum Gasteiger partial charge on any atom is 0.262 e. The third-order valence-corrected chi connectivity index (χ3v) is 6.39. The van der Waals surface area contributed by atoms with Crippen molar-refractivity contribution in [2.24, 2.45) is 0 Å². The highest BCUT2D eigenvalue weighted by Crippen LogP contribution is 2.33. The van der Waals surface area contributed by atoms with Crippen molar-refractivity contribution in [2.75, 3.05) is 11.9 Å². The fourth-order valence-corrected chi connectivity index (χ4v) is 5.06. The van der Waals surface area contributed by atoms with E-state index in [0.717, 1.165) is 4.88 Å². The molecule has 3 rings (SSSR count). The second kappa shape index (κ2) is 6.54. The quantitative estimate of drug-likeness (QED) is 0.852. The summed E-state index contributed by atoms with van der Waals surface area (Å²) in [7, 11) is -3.71. The van der Waals surface area contributed by atoms with Gasteiger partial charge in [0.15, 0.2) is 6.61 Å². The minimum absolute atomic E-state index is 0.115. The van der Waals surface area contributed by atoms with Crippen LogP contribution in [0.1, 0.15) is 29.8 Å². The van der Waals surface area contributed by atoms with E-state index in [1.807, 2.05) is 24.4 Å². The third-order valence-electron chi connectivity index (χ3n) is 3.79. The first-order valence-corrected chi connectivity index (χ1v) is 9.90. The lowest BCUT2D eigenvalue weighted by Gasteiger charge is -2.21. The van der Waals surface area contributed by atoms with Gasteiger partial charge in [-0.2, -0.15) is 0 Å². The van der Waals surface area contributed by atoms with E-state index in [1.165, 1.54) is 17.4 Å². The van der Waals surface area contributed by atoms with Gasteiger partial charge in [-0.05, 0) is 36.4 Å². The van der Waals surface area contributed by atoms with Crippen molar-refractivity contribution in [3.63, 3.8) is 0 Å². The van der Waals surface area contributed by atoms with Crippen LogP contribution in [0.2, 0.25) is 0 Å². The van der Waals surface area contributed by atoms with E-state index in [0.29, 0.717) is 23.4 Å². The fraction of sp³-hybridized carbons (Fsp3) is 0.312. The Bertz CT molecular complexity index is 860. The van der Waals surface area contributed by atoms with Crippen LogP contribution >= 0.6 is 11.3 Å². The average Bonchev–Trinajstić information content (AvgIpc) is 3.06. The molecule has 0 radical (unpaired) electrons. The maximum atomic E-state index is 12.8. The maximum absolute atomic E-state index is 12.8. The Hall–Kier alpha value is -1.90. The van der Waals surface area contributed by atoms with Gasteiger partial charge in [-0.25, -0.2) is 13.1 Å². The molecule has 0 fully saturated rings. The fourth-order valence-electron chi connectivity index (χ4n) is 2.59. The Morgan fingerprint density at radius 1 is 1.42 bits per heavy atom. The number of carbonyl (C=O) groups is 1. The van der Waals surface area contributed by atoms with Gasteiger partial charge in [0.1, 0.15) is 5.75 Å². The molecule has 128 valence electrons. The Balaban J connectivity index is 1.93. The largest absolute Gasteiger partial charge is 0.482 e. The molecule has 1 amide bonds. The van der Waals surface area contributed by atoms with E-state index >= 15 is 0 Å². The van der Waals surface area contributed by atoms with E-state index in [2.05, 4.69) is 10.0 Å². The summed E-state index contributed by atoms with van der Waals surface area (Å²) in [6, 6.07) is 6.63. The molecule has 0 unspecified atom stereocenters. The molecule has 1 aliphatic heterocycles. The number of benzene rings is 1. The van der Waals surface area contributed by atoms with Crippen LogP contribution in [0.4, 0.5) is 5.69 Å². The summed E-state index contributed by atoms with van der Waals surface area (Å²) < 4.78 is 33.7. The molecule has 0 spiro atoms. The molecule has 2 heterocycles. The van der Waals surface area contributed by atoms with Crippen LogP contribution in [-0.2, 0) is 14.8 Å². The van der Waals surface area contributed by atoms with Crippen molar-refractivity contribution in [3.05, 3.63) is 40.1 Å². The standard InChI is InChI=1S/C16H18N2O4S2/c1-3-11(14-5-4-6-23-14)18-24(20,21)15-8-13-12(7-10(15)2)17-16(19)9-22-13/h4-8,11,18H,3,9H2,1-2H3,(H,17,19)/t11-/m0/s1. The lowest BCUT2D eigenvalue weighted by molar-refractivity contribution is -0.118. The van der Waals surface area contributed by atoms with Gasteiger partial charge in [0.25, 0.3) is 5.91 Å². The second-order valence-electron chi connectivity index (χ2n) is 5.55. The smallest absolute Gasteiger partial charge is 0.262 e. The van der Waals surface area contributed by atoms with Crippen molar-refractivity contribution in [2.45, 2.75) is 31.2 Å². The summed E-state index contributed by atoms with van der Waals surface area (Å²) in [5.41, 5.74) is 1.04. The monoisotopic (exact) mass is 366 g/mol. The van der Waals surface area contributed by atoms with Crippen LogP contribution in [0.25, 0.3) is 0 Å². The number of amides is 1. The summed E-state index contributed by atoms with van der Waals surface area (Å²) in [6.45, 7) is 3.52. The summed E-state index contributed by atoms with van der Waals surface area (Å²) in [6.07, 6.45) is 0.649. The van der Waals surface area contributed by atoms with Crippen molar-refractivity contribution >= 4 is 33.0 Å². The molecule has 1 aromatic heterocycles. The zero-order chi connectivity index (χ0) is 17.3. The Kier molecular flexibility index (Phi) is 4.62. The average molecular weight is 366 g/mol. The number of fused-ring (bicyclic) bond motifs is 1. The molecule has 1 aromatic carbocycles. The van der Waals surface area contributed by atoms with Crippen molar-refractivity contribution in [1.82, 2.24) is 4.72 Å². The van der Waals surface area contributed by atoms with E-state index < -0.39 is 10.0 Å². The molecule has 2 N–H and O–H groups in total. The predicted molar refractivity (Wildman–Crippen MR) is 93.0 cm³/mol. The van der Waals surface area contributed by atoms with Gasteiger partial charge in [-0.3, -0.25) is 4.79 Å². The molecule has 0 saturated heterocycles. The van der Waals surface area contributed by atoms with Crippen LogP contribution in [0.5, 0.6) is 5.75 Å². The number of rotatable bonds is 5. The normalized spacial score (nSPS) is 15.3. The number of thiophene rings is 1. The van der Waals surface area contributed by atoms with Crippen molar-refractivity contribution < 1.29 is 17.9 Å². The Morgan fingerprint density at radius 2 is 2.21 bits per heavy atom.